The lowest BCUT2D eigenvalue weighted by atomic mass is 10.00. The lowest BCUT2D eigenvalue weighted by Gasteiger charge is -2.28. The molecule has 31 heavy (non-hydrogen) atoms. The highest BCUT2D eigenvalue weighted by Gasteiger charge is 2.68. The molecule has 9 nitrogen and oxygen atoms in total. The molecule has 1 aliphatic carbocycles. The largest absolute Gasteiger partial charge is 0.441 e. The average molecular weight is 460 g/mol. The van der Waals surface area contributed by atoms with E-state index in [1.165, 1.54) is 0 Å². The van der Waals surface area contributed by atoms with E-state index in [9.17, 15) is 13.2 Å². The highest BCUT2D eigenvalue weighted by atomic mass is 32.2. The van der Waals surface area contributed by atoms with Crippen molar-refractivity contribution in [2.75, 3.05) is 55.5 Å². The highest BCUT2D eigenvalue weighted by Crippen LogP contribution is 2.62. The van der Waals surface area contributed by atoms with Gasteiger partial charge >= 0.3 is 6.09 Å². The summed E-state index contributed by atoms with van der Waals surface area (Å²) in [6.07, 6.45) is 0.917. The predicted molar refractivity (Wildman–Crippen MR) is 103 cm³/mol. The molecule has 3 heterocycles. The summed E-state index contributed by atoms with van der Waals surface area (Å²) in [5.74, 6) is -2.45. The van der Waals surface area contributed by atoms with Gasteiger partial charge in [0.1, 0.15) is 18.4 Å². The normalized spacial score (nSPS) is 26.3. The number of hydrogen-bond acceptors (Lipinski definition) is 8. The van der Waals surface area contributed by atoms with Gasteiger partial charge in [0.2, 0.25) is 0 Å². The fourth-order valence-electron chi connectivity index (χ4n) is 4.69. The maximum Gasteiger partial charge on any atom is 0.414 e. The molecular formula is C19H22F2N2O7S. The number of rotatable bonds is 5. The Labute approximate surface area is 177 Å². The summed E-state index contributed by atoms with van der Waals surface area (Å²) in [7, 11) is -3.71. The molecule has 5 rings (SSSR count). The van der Waals surface area contributed by atoms with Crippen LogP contribution in [0.1, 0.15) is 12.8 Å². The van der Waals surface area contributed by atoms with Crippen LogP contribution in [0.2, 0.25) is 0 Å². The van der Waals surface area contributed by atoms with Crippen LogP contribution in [-0.4, -0.2) is 72.1 Å². The second-order valence-corrected chi connectivity index (χ2v) is 10.1. The summed E-state index contributed by atoms with van der Waals surface area (Å²) < 4.78 is 73.7. The zero-order valence-corrected chi connectivity index (χ0v) is 17.6. The Bertz CT molecular complexity index is 1000. The summed E-state index contributed by atoms with van der Waals surface area (Å²) in [6, 6.07) is 2.14. The molecule has 4 aliphatic rings. The van der Waals surface area contributed by atoms with Gasteiger partial charge in [0.05, 0.1) is 38.2 Å². The Balaban J connectivity index is 1.35. The van der Waals surface area contributed by atoms with Gasteiger partial charge in [0, 0.05) is 24.1 Å². The maximum atomic E-state index is 15.0. The fraction of sp³-hybridized carbons (Fsp3) is 0.632. The zero-order chi connectivity index (χ0) is 22.0. The molecule has 0 unspecified atom stereocenters. The number of nitrogens with zero attached hydrogens (tertiary/aromatic N) is 2. The van der Waals surface area contributed by atoms with E-state index in [4.69, 9.17) is 14.2 Å². The van der Waals surface area contributed by atoms with Gasteiger partial charge in [0.15, 0.2) is 17.4 Å². The molecule has 170 valence electrons. The van der Waals surface area contributed by atoms with Crippen LogP contribution < -0.4 is 9.80 Å². The number of anilines is 2. The average Bonchev–Trinajstić information content (AvgIpc) is 3.03. The molecule has 1 atom stereocenters. The number of benzene rings is 1. The molecule has 0 bridgehead atoms. The SMILES string of the molecule is CS(=O)(=O)OC[C@H]1CN(c2cc(F)c(N3CC4(CC4)C4(C3)OCCO4)c(F)c2)C(=O)O1. The molecule has 12 heteroatoms. The third-order valence-corrected chi connectivity index (χ3v) is 6.84. The number of cyclic esters (lactones) is 1. The van der Waals surface area contributed by atoms with Crippen molar-refractivity contribution in [2.45, 2.75) is 24.7 Å². The number of amides is 1. The van der Waals surface area contributed by atoms with Crippen molar-refractivity contribution in [1.29, 1.82) is 0 Å². The number of hydrogen-bond donors (Lipinski definition) is 0. The summed E-state index contributed by atoms with van der Waals surface area (Å²) in [5, 5.41) is 0. The monoisotopic (exact) mass is 460 g/mol. The summed E-state index contributed by atoms with van der Waals surface area (Å²) in [6.45, 7) is 1.11. The number of carbonyl (C=O) groups excluding carboxylic acids is 1. The van der Waals surface area contributed by atoms with Crippen LogP contribution in [0.25, 0.3) is 0 Å². The van der Waals surface area contributed by atoms with Gasteiger partial charge in [-0.25, -0.2) is 13.6 Å². The smallest absolute Gasteiger partial charge is 0.414 e. The third kappa shape index (κ3) is 3.55. The van der Waals surface area contributed by atoms with Gasteiger partial charge < -0.3 is 19.1 Å². The van der Waals surface area contributed by atoms with Crippen molar-refractivity contribution in [1.82, 2.24) is 0 Å². The van der Waals surface area contributed by atoms with E-state index in [1.54, 1.807) is 4.90 Å². The van der Waals surface area contributed by atoms with Crippen LogP contribution in [0, 0.1) is 17.0 Å². The molecule has 1 aromatic carbocycles. The molecule has 4 fully saturated rings. The predicted octanol–water partition coefficient (Wildman–Crippen LogP) is 1.61. The number of halogens is 2. The molecule has 3 aliphatic heterocycles. The molecule has 1 aromatic rings. The van der Waals surface area contributed by atoms with Crippen molar-refractivity contribution in [2.24, 2.45) is 5.41 Å². The summed E-state index contributed by atoms with van der Waals surface area (Å²) in [4.78, 5) is 14.8. The van der Waals surface area contributed by atoms with Crippen molar-refractivity contribution in [3.8, 4) is 0 Å². The van der Waals surface area contributed by atoms with E-state index in [0.29, 0.717) is 19.8 Å². The minimum absolute atomic E-state index is 0.0194. The first-order valence-corrected chi connectivity index (χ1v) is 11.8. The van der Waals surface area contributed by atoms with Crippen LogP contribution in [0.4, 0.5) is 25.0 Å². The minimum Gasteiger partial charge on any atom is -0.441 e. The topological polar surface area (TPSA) is 94.6 Å². The molecular weight excluding hydrogens is 438 g/mol. The molecule has 1 saturated carbocycles. The minimum atomic E-state index is -3.71. The van der Waals surface area contributed by atoms with Gasteiger partial charge in [0.25, 0.3) is 10.1 Å². The van der Waals surface area contributed by atoms with E-state index >= 15 is 8.78 Å². The maximum absolute atomic E-state index is 15.0. The molecule has 3 saturated heterocycles. The Morgan fingerprint density at radius 3 is 2.39 bits per heavy atom. The number of fused-ring (bicyclic) bond motifs is 1. The van der Waals surface area contributed by atoms with Gasteiger partial charge in [-0.3, -0.25) is 9.08 Å². The quantitative estimate of drug-likeness (QED) is 0.612. The van der Waals surface area contributed by atoms with Crippen molar-refractivity contribution < 1.29 is 40.4 Å². The van der Waals surface area contributed by atoms with Crippen LogP contribution in [0.5, 0.6) is 0 Å². The molecule has 2 spiro atoms. The highest BCUT2D eigenvalue weighted by molar-refractivity contribution is 7.85. The lowest BCUT2D eigenvalue weighted by Crippen LogP contribution is -2.40. The summed E-state index contributed by atoms with van der Waals surface area (Å²) in [5.41, 5.74) is -0.448. The van der Waals surface area contributed by atoms with Crippen LogP contribution in [0.15, 0.2) is 12.1 Å². The van der Waals surface area contributed by atoms with Crippen molar-refractivity contribution >= 4 is 27.6 Å². The molecule has 1 amide bonds. The Kier molecular flexibility index (Phi) is 4.70. The van der Waals surface area contributed by atoms with E-state index in [-0.39, 0.29) is 36.5 Å². The van der Waals surface area contributed by atoms with E-state index in [2.05, 4.69) is 4.18 Å². The Hall–Kier alpha value is -2.02. The zero-order valence-electron chi connectivity index (χ0n) is 16.8. The van der Waals surface area contributed by atoms with E-state index < -0.39 is 39.7 Å². The Morgan fingerprint density at radius 2 is 1.81 bits per heavy atom. The number of carbonyl (C=O) groups is 1. The molecule has 0 radical (unpaired) electrons. The van der Waals surface area contributed by atoms with Crippen LogP contribution in [-0.2, 0) is 28.5 Å². The first-order valence-electron chi connectivity index (χ1n) is 9.96. The van der Waals surface area contributed by atoms with Gasteiger partial charge in [-0.1, -0.05) is 0 Å². The second kappa shape index (κ2) is 6.99. The first-order chi connectivity index (χ1) is 14.6. The standard InChI is InChI=1S/C19H22F2N2O7S/c1-31(25,26)29-9-13-8-23(17(24)30-13)12-6-14(20)16(15(21)7-12)22-10-18(2-3-18)19(11-22)27-4-5-28-19/h6-7,13H,2-5,8-11H2,1H3/t13-/m1/s1. The Morgan fingerprint density at radius 1 is 1.16 bits per heavy atom. The fourth-order valence-corrected chi connectivity index (χ4v) is 5.09. The van der Waals surface area contributed by atoms with Crippen LogP contribution >= 0.6 is 0 Å². The van der Waals surface area contributed by atoms with Crippen LogP contribution in [0.3, 0.4) is 0 Å². The van der Waals surface area contributed by atoms with E-state index in [0.717, 1.165) is 36.1 Å². The summed E-state index contributed by atoms with van der Waals surface area (Å²) >= 11 is 0. The van der Waals surface area contributed by atoms with Gasteiger partial charge in [-0.15, -0.1) is 0 Å². The van der Waals surface area contributed by atoms with Crippen molar-refractivity contribution in [3.05, 3.63) is 23.8 Å². The lowest BCUT2D eigenvalue weighted by molar-refractivity contribution is -0.178. The van der Waals surface area contributed by atoms with Gasteiger partial charge in [-0.2, -0.15) is 8.42 Å². The van der Waals surface area contributed by atoms with Gasteiger partial charge in [-0.05, 0) is 12.8 Å². The molecule has 0 N–H and O–H groups in total. The first kappa shape index (κ1) is 20.9. The third-order valence-electron chi connectivity index (χ3n) is 6.28. The molecule has 0 aromatic heterocycles. The van der Waals surface area contributed by atoms with E-state index in [1.807, 2.05) is 0 Å². The number of ether oxygens (including phenoxy) is 3. The van der Waals surface area contributed by atoms with Crippen molar-refractivity contribution in [3.63, 3.8) is 0 Å². The second-order valence-electron chi connectivity index (χ2n) is 8.45.